The number of aromatic nitrogens is 5. The summed E-state index contributed by atoms with van der Waals surface area (Å²) in [5.74, 6) is 1.78. The van der Waals surface area contributed by atoms with E-state index in [4.69, 9.17) is 30.7 Å². The Bertz CT molecular complexity index is 1520. The standard InChI is InChI=1S/C26H24ClN7O3/c1-2-36-26(35)21-13-3-5-14(6-4-13)22(21)33-20-9-17(18-8-7-15(10-28)37-18)31-24(34-20)16-11-29-25-23(16)32-19(27)12-30-25/h7-9,11-14,21-22H,2-6H2,1H3,(H,29,30)(H,31,33,34)/t13?,14?,21-,22-/m0/s1. The summed E-state index contributed by atoms with van der Waals surface area (Å²) in [7, 11) is 0. The van der Waals surface area contributed by atoms with Crippen molar-refractivity contribution < 1.29 is 13.9 Å². The van der Waals surface area contributed by atoms with Crippen LogP contribution >= 0.6 is 11.6 Å². The Morgan fingerprint density at radius 1 is 1.24 bits per heavy atom. The summed E-state index contributed by atoms with van der Waals surface area (Å²) in [5, 5.41) is 13.1. The fourth-order valence-electron chi connectivity index (χ4n) is 5.75. The highest BCUT2D eigenvalue weighted by Gasteiger charge is 2.48. The second kappa shape index (κ2) is 9.48. The van der Waals surface area contributed by atoms with Gasteiger partial charge in [-0.05, 0) is 56.6 Å². The van der Waals surface area contributed by atoms with E-state index >= 15 is 0 Å². The van der Waals surface area contributed by atoms with Crippen LogP contribution in [0.5, 0.6) is 0 Å². The van der Waals surface area contributed by atoms with Crippen LogP contribution in [-0.4, -0.2) is 43.5 Å². The zero-order valence-electron chi connectivity index (χ0n) is 20.1. The Balaban J connectivity index is 1.44. The number of carbonyl (C=O) groups is 1. The molecule has 4 aromatic heterocycles. The van der Waals surface area contributed by atoms with E-state index in [-0.39, 0.29) is 34.8 Å². The molecular weight excluding hydrogens is 494 g/mol. The van der Waals surface area contributed by atoms with Gasteiger partial charge in [0.15, 0.2) is 17.2 Å². The van der Waals surface area contributed by atoms with Gasteiger partial charge in [-0.1, -0.05) is 11.6 Å². The normalized spacial score (nSPS) is 22.6. The SMILES string of the molecule is CCOC(=O)[C@H]1C2CCC(CC2)[C@@H]1Nc1cc(-c2ccc(C#N)o2)nc(-c2c[nH]c3ncc(Cl)nc23)n1. The summed E-state index contributed by atoms with van der Waals surface area (Å²) in [6, 6.07) is 6.97. The van der Waals surface area contributed by atoms with Crippen molar-refractivity contribution in [3.63, 3.8) is 0 Å². The van der Waals surface area contributed by atoms with Crippen LogP contribution in [0.4, 0.5) is 5.82 Å². The molecule has 4 aromatic rings. The van der Waals surface area contributed by atoms with Crippen molar-refractivity contribution in [1.82, 2.24) is 24.9 Å². The van der Waals surface area contributed by atoms with E-state index in [1.54, 1.807) is 24.4 Å². The van der Waals surface area contributed by atoms with Gasteiger partial charge in [0, 0.05) is 18.3 Å². The number of nitrogens with zero attached hydrogens (tertiary/aromatic N) is 5. The highest BCUT2D eigenvalue weighted by molar-refractivity contribution is 6.29. The third kappa shape index (κ3) is 4.29. The van der Waals surface area contributed by atoms with Gasteiger partial charge in [-0.3, -0.25) is 4.79 Å². The first-order valence-corrected chi connectivity index (χ1v) is 12.7. The quantitative estimate of drug-likeness (QED) is 0.338. The fourth-order valence-corrected chi connectivity index (χ4v) is 5.88. The van der Waals surface area contributed by atoms with Crippen LogP contribution in [0.3, 0.4) is 0 Å². The number of ether oxygens (including phenoxy) is 1. The third-order valence-corrected chi connectivity index (χ3v) is 7.56. The predicted molar refractivity (Wildman–Crippen MR) is 135 cm³/mol. The van der Waals surface area contributed by atoms with Crippen molar-refractivity contribution in [3.8, 4) is 28.9 Å². The molecule has 3 aliphatic carbocycles. The van der Waals surface area contributed by atoms with Crippen LogP contribution in [-0.2, 0) is 9.53 Å². The monoisotopic (exact) mass is 517 g/mol. The van der Waals surface area contributed by atoms with E-state index in [2.05, 4.69) is 20.3 Å². The van der Waals surface area contributed by atoms with E-state index in [0.29, 0.717) is 52.3 Å². The summed E-state index contributed by atoms with van der Waals surface area (Å²) in [4.78, 5) is 34.3. The molecule has 7 rings (SSSR count). The van der Waals surface area contributed by atoms with Gasteiger partial charge in [0.2, 0.25) is 5.76 Å². The minimum Gasteiger partial charge on any atom is -0.466 e. The van der Waals surface area contributed by atoms with E-state index in [9.17, 15) is 10.1 Å². The molecule has 0 unspecified atom stereocenters. The summed E-state index contributed by atoms with van der Waals surface area (Å²) in [6.45, 7) is 2.19. The Hall–Kier alpha value is -3.97. The van der Waals surface area contributed by atoms with Gasteiger partial charge in [0.25, 0.3) is 0 Å². The highest BCUT2D eigenvalue weighted by Crippen LogP contribution is 2.47. The van der Waals surface area contributed by atoms with Gasteiger partial charge in [0.05, 0.1) is 24.3 Å². The average Bonchev–Trinajstić information content (AvgIpc) is 3.56. The highest BCUT2D eigenvalue weighted by atomic mass is 35.5. The zero-order chi connectivity index (χ0) is 25.5. The third-order valence-electron chi connectivity index (χ3n) is 7.38. The minimum atomic E-state index is -0.235. The maximum atomic E-state index is 13.0. The molecule has 2 N–H and O–H groups in total. The number of carbonyl (C=O) groups excluding carboxylic acids is 1. The summed E-state index contributed by atoms with van der Waals surface area (Å²) in [5.41, 5.74) is 2.20. The van der Waals surface area contributed by atoms with Crippen molar-refractivity contribution in [2.45, 2.75) is 38.6 Å². The van der Waals surface area contributed by atoms with Gasteiger partial charge in [-0.15, -0.1) is 0 Å². The van der Waals surface area contributed by atoms with Crippen LogP contribution in [0.2, 0.25) is 5.15 Å². The van der Waals surface area contributed by atoms with Crippen molar-refractivity contribution in [1.29, 1.82) is 5.26 Å². The molecule has 0 aromatic carbocycles. The molecular formula is C26H24ClN7O3. The van der Waals surface area contributed by atoms with Gasteiger partial charge >= 0.3 is 5.97 Å². The first kappa shape index (κ1) is 23.4. The molecule has 0 radical (unpaired) electrons. The van der Waals surface area contributed by atoms with Crippen LogP contribution < -0.4 is 5.32 Å². The fraction of sp³-hybridized carbons (Fsp3) is 0.385. The molecule has 4 heterocycles. The molecule has 188 valence electrons. The Morgan fingerprint density at radius 3 is 2.81 bits per heavy atom. The van der Waals surface area contributed by atoms with Crippen LogP contribution in [0.25, 0.3) is 34.0 Å². The van der Waals surface area contributed by atoms with E-state index < -0.39 is 0 Å². The van der Waals surface area contributed by atoms with Gasteiger partial charge in [-0.25, -0.2) is 19.9 Å². The lowest BCUT2D eigenvalue weighted by atomic mass is 9.61. The van der Waals surface area contributed by atoms with Crippen molar-refractivity contribution in [3.05, 3.63) is 41.5 Å². The number of fused-ring (bicyclic) bond motifs is 4. The van der Waals surface area contributed by atoms with Gasteiger partial charge < -0.3 is 19.5 Å². The van der Waals surface area contributed by atoms with Crippen molar-refractivity contribution in [2.24, 2.45) is 17.8 Å². The number of furan rings is 1. The summed E-state index contributed by atoms with van der Waals surface area (Å²) < 4.78 is 11.1. The minimum absolute atomic E-state index is 0.106. The van der Waals surface area contributed by atoms with Crippen molar-refractivity contribution >= 4 is 34.6 Å². The number of esters is 1. The lowest BCUT2D eigenvalue weighted by Crippen LogP contribution is -2.52. The smallest absolute Gasteiger partial charge is 0.311 e. The predicted octanol–water partition coefficient (Wildman–Crippen LogP) is 4.98. The summed E-state index contributed by atoms with van der Waals surface area (Å²) >= 11 is 6.12. The second-order valence-electron chi connectivity index (χ2n) is 9.45. The maximum Gasteiger partial charge on any atom is 0.311 e. The zero-order valence-corrected chi connectivity index (χ0v) is 20.8. The topological polar surface area (TPSA) is 143 Å². The number of hydrogen-bond donors (Lipinski definition) is 2. The molecule has 3 fully saturated rings. The molecule has 0 amide bonds. The maximum absolute atomic E-state index is 13.0. The molecule has 0 spiro atoms. The number of nitriles is 1. The molecule has 10 nitrogen and oxygen atoms in total. The number of halogens is 1. The van der Waals surface area contributed by atoms with Crippen LogP contribution in [0.1, 0.15) is 38.4 Å². The van der Waals surface area contributed by atoms with E-state index in [1.807, 2.05) is 13.0 Å². The van der Waals surface area contributed by atoms with Crippen molar-refractivity contribution in [2.75, 3.05) is 11.9 Å². The Labute approximate surface area is 217 Å². The molecule has 3 saturated carbocycles. The van der Waals surface area contributed by atoms with Gasteiger partial charge in [-0.2, -0.15) is 5.26 Å². The lowest BCUT2D eigenvalue weighted by Gasteiger charge is -2.47. The Kier molecular flexibility index (Phi) is 6.00. The molecule has 37 heavy (non-hydrogen) atoms. The number of hydrogen-bond acceptors (Lipinski definition) is 9. The van der Waals surface area contributed by atoms with Crippen LogP contribution in [0.15, 0.2) is 35.0 Å². The molecule has 0 saturated heterocycles. The number of rotatable bonds is 6. The second-order valence-corrected chi connectivity index (χ2v) is 9.84. The van der Waals surface area contributed by atoms with Crippen LogP contribution in [0, 0.1) is 29.1 Å². The molecule has 2 atom stereocenters. The first-order chi connectivity index (χ1) is 18.0. The molecule has 3 aliphatic rings. The summed E-state index contributed by atoms with van der Waals surface area (Å²) in [6.07, 6.45) is 7.38. The molecule has 11 heteroatoms. The average molecular weight is 518 g/mol. The number of anilines is 1. The first-order valence-electron chi connectivity index (χ1n) is 12.4. The number of nitrogens with one attached hydrogen (secondary N) is 2. The lowest BCUT2D eigenvalue weighted by molar-refractivity contribution is -0.154. The van der Waals surface area contributed by atoms with Gasteiger partial charge in [0.1, 0.15) is 28.3 Å². The van der Waals surface area contributed by atoms with E-state index in [1.165, 1.54) is 6.20 Å². The molecule has 2 bridgehead atoms. The molecule has 0 aliphatic heterocycles. The number of H-pyrrole nitrogens is 1. The Morgan fingerprint density at radius 2 is 2.05 bits per heavy atom. The largest absolute Gasteiger partial charge is 0.466 e. The van der Waals surface area contributed by atoms with E-state index in [0.717, 1.165) is 25.7 Å². The number of aromatic amines is 1.